The number of fused-ring (bicyclic) bond motifs is 1. The first-order valence-electron chi connectivity index (χ1n) is 10.1. The molecular weight excluding hydrogens is 559 g/mol. The molecule has 36 heavy (non-hydrogen) atoms. The first kappa shape index (κ1) is 33.9. The zero-order valence-electron chi connectivity index (χ0n) is 19.5. The largest absolute Gasteiger partial charge is 0.543 e. The SMILES string of the molecule is CON=C(C(=O)N[C@@H]1C(=O)N2C(C(=O)[O-])=C(C[N+]3(C)CCCC3)CS[C@H]12)c1csc(N)n1.Cl.Cl.O.O. The van der Waals surface area contributed by atoms with Gasteiger partial charge in [0, 0.05) is 29.5 Å². The number of nitrogens with two attached hydrogens (primary N) is 1. The van der Waals surface area contributed by atoms with Gasteiger partial charge in [0.25, 0.3) is 11.8 Å². The molecule has 1 aromatic rings. The van der Waals surface area contributed by atoms with Crippen LogP contribution in [0.4, 0.5) is 5.13 Å². The van der Waals surface area contributed by atoms with Crippen LogP contribution in [0.5, 0.6) is 0 Å². The minimum atomic E-state index is -1.37. The van der Waals surface area contributed by atoms with E-state index in [1.165, 1.54) is 23.8 Å². The Balaban J connectivity index is 0.00000306. The van der Waals surface area contributed by atoms with Crippen LogP contribution in [0, 0.1) is 0 Å². The third-order valence-corrected chi connectivity index (χ3v) is 7.92. The van der Waals surface area contributed by atoms with Crippen LogP contribution >= 0.6 is 47.9 Å². The van der Waals surface area contributed by atoms with Gasteiger partial charge in [0.1, 0.15) is 30.8 Å². The summed E-state index contributed by atoms with van der Waals surface area (Å²) in [6.07, 6.45) is 2.21. The smallest absolute Gasteiger partial charge is 0.276 e. The van der Waals surface area contributed by atoms with Crippen molar-refractivity contribution in [2.45, 2.75) is 24.3 Å². The number of halogens is 2. The summed E-state index contributed by atoms with van der Waals surface area (Å²) in [4.78, 5) is 47.7. The molecule has 3 aliphatic heterocycles. The number of aliphatic carboxylic acids is 1. The summed E-state index contributed by atoms with van der Waals surface area (Å²) in [6, 6.07) is -0.891. The predicted octanol–water partition coefficient (Wildman–Crippen LogP) is -2.09. The van der Waals surface area contributed by atoms with Crippen LogP contribution in [0.25, 0.3) is 0 Å². The summed E-state index contributed by atoms with van der Waals surface area (Å²) in [5.74, 6) is -2.06. The maximum atomic E-state index is 12.9. The van der Waals surface area contributed by atoms with Gasteiger partial charge in [-0.1, -0.05) is 5.16 Å². The molecular formula is C19H30Cl2N6O7S2. The van der Waals surface area contributed by atoms with Crippen LogP contribution in [0.1, 0.15) is 18.5 Å². The van der Waals surface area contributed by atoms with E-state index in [1.54, 1.807) is 5.38 Å². The molecule has 13 nitrogen and oxygen atoms in total. The number of oxime groups is 1. The maximum absolute atomic E-state index is 12.9. The average molecular weight is 590 g/mol. The van der Waals surface area contributed by atoms with Crippen LogP contribution in [-0.4, -0.2) is 99.8 Å². The standard InChI is InChI=1S/C19H24N6O5S2.2ClH.2H2O/c1-25(5-3-4-6-25)7-10-8-31-17-13(16(27)24(17)14(10)18(28)29)22-15(26)12(23-30-2)11-9-32-19(20)21-11;;;;/h9,13,17H,3-8H2,1-2H3,(H3-,20,21,22,26,28,29);2*1H;2*1H2/t13-,17-;;;;/m1..../s1. The Labute approximate surface area is 228 Å². The molecule has 0 radical (unpaired) electrons. The van der Waals surface area contributed by atoms with E-state index >= 15 is 0 Å². The molecule has 2 fully saturated rings. The van der Waals surface area contributed by atoms with E-state index in [1.807, 2.05) is 0 Å². The number of nitrogen functional groups attached to an aromatic ring is 1. The number of hydrogen-bond donors (Lipinski definition) is 2. The van der Waals surface area contributed by atoms with Crippen LogP contribution in [0.3, 0.4) is 0 Å². The molecule has 3 aliphatic rings. The van der Waals surface area contributed by atoms with Gasteiger partial charge in [-0.05, 0) is 0 Å². The zero-order valence-corrected chi connectivity index (χ0v) is 22.8. The number of amides is 2. The number of carbonyl (C=O) groups excluding carboxylic acids is 3. The van der Waals surface area contributed by atoms with Crippen molar-refractivity contribution in [1.82, 2.24) is 15.2 Å². The van der Waals surface area contributed by atoms with Gasteiger partial charge in [-0.2, -0.15) is 0 Å². The lowest BCUT2D eigenvalue weighted by molar-refractivity contribution is -0.893. The number of nitrogens with one attached hydrogen (secondary N) is 1. The Kier molecular flexibility index (Phi) is 12.6. The second kappa shape index (κ2) is 13.4. The molecule has 17 heteroatoms. The molecule has 1 aromatic heterocycles. The second-order valence-corrected chi connectivity index (χ2v) is 10.2. The van der Waals surface area contributed by atoms with Crippen molar-refractivity contribution in [3.8, 4) is 0 Å². The number of rotatable bonds is 7. The fraction of sp³-hybridized carbons (Fsp3) is 0.526. The summed E-state index contributed by atoms with van der Waals surface area (Å²) < 4.78 is 0.757. The van der Waals surface area contributed by atoms with Gasteiger partial charge in [0.15, 0.2) is 10.8 Å². The normalized spacial score (nSPS) is 22.0. The molecule has 204 valence electrons. The molecule has 2 amide bonds. The zero-order chi connectivity index (χ0) is 23.0. The van der Waals surface area contributed by atoms with Crippen molar-refractivity contribution in [3.05, 3.63) is 22.3 Å². The number of anilines is 1. The van der Waals surface area contributed by atoms with Crippen molar-refractivity contribution in [1.29, 1.82) is 0 Å². The number of hydrogen-bond acceptors (Lipinski definition) is 10. The fourth-order valence-electron chi connectivity index (χ4n) is 4.41. The Morgan fingerprint density at radius 3 is 2.50 bits per heavy atom. The lowest BCUT2D eigenvalue weighted by atomic mass is 10.0. The minimum Gasteiger partial charge on any atom is -0.543 e. The molecule has 2 saturated heterocycles. The van der Waals surface area contributed by atoms with Crippen LogP contribution in [0.2, 0.25) is 0 Å². The number of likely N-dealkylation sites (N-methyl/N-ethyl adjacent to an activating group) is 1. The summed E-state index contributed by atoms with van der Waals surface area (Å²) in [7, 11) is 3.39. The van der Waals surface area contributed by atoms with Crippen molar-refractivity contribution < 1.29 is 39.8 Å². The quantitative estimate of drug-likeness (QED) is 0.155. The number of carboxylic acids is 1. The number of likely N-dealkylation sites (tertiary alicyclic amines) is 1. The molecule has 0 spiro atoms. The number of nitrogens with zero attached hydrogens (tertiary/aromatic N) is 4. The lowest BCUT2D eigenvalue weighted by Gasteiger charge is -2.51. The Bertz CT molecular complexity index is 1030. The molecule has 0 aliphatic carbocycles. The number of carboxylic acid groups (broad SMARTS) is 1. The van der Waals surface area contributed by atoms with Gasteiger partial charge >= 0.3 is 0 Å². The molecule has 4 heterocycles. The van der Waals surface area contributed by atoms with E-state index in [-0.39, 0.29) is 58.0 Å². The first-order chi connectivity index (χ1) is 15.2. The minimum absolute atomic E-state index is 0. The number of aromatic nitrogens is 1. The van der Waals surface area contributed by atoms with Gasteiger partial charge < -0.3 is 41.2 Å². The van der Waals surface area contributed by atoms with Crippen molar-refractivity contribution in [2.24, 2.45) is 5.16 Å². The van der Waals surface area contributed by atoms with E-state index in [0.29, 0.717) is 17.9 Å². The van der Waals surface area contributed by atoms with E-state index in [0.717, 1.165) is 41.8 Å². The number of thioether (sulfide) groups is 1. The Morgan fingerprint density at radius 2 is 1.97 bits per heavy atom. The van der Waals surface area contributed by atoms with Gasteiger partial charge in [0.05, 0.1) is 31.8 Å². The van der Waals surface area contributed by atoms with Crippen LogP contribution < -0.4 is 16.2 Å². The molecule has 0 unspecified atom stereocenters. The molecule has 2 atom stereocenters. The molecule has 0 saturated carbocycles. The third kappa shape index (κ3) is 6.40. The van der Waals surface area contributed by atoms with Crippen LogP contribution in [-0.2, 0) is 19.2 Å². The van der Waals surface area contributed by atoms with E-state index in [4.69, 9.17) is 10.6 Å². The van der Waals surface area contributed by atoms with Crippen molar-refractivity contribution in [3.63, 3.8) is 0 Å². The van der Waals surface area contributed by atoms with Gasteiger partial charge in [0.2, 0.25) is 0 Å². The van der Waals surface area contributed by atoms with Crippen molar-refractivity contribution in [2.75, 3.05) is 45.3 Å². The first-order valence-corrected chi connectivity index (χ1v) is 12.0. The van der Waals surface area contributed by atoms with Crippen LogP contribution in [0.15, 0.2) is 21.8 Å². The average Bonchev–Trinajstić information content (AvgIpc) is 3.37. The summed E-state index contributed by atoms with van der Waals surface area (Å²) in [5, 5.41) is 19.6. The number of β-lactam (4-membered cyclic amide) rings is 1. The highest BCUT2D eigenvalue weighted by molar-refractivity contribution is 8.00. The highest BCUT2D eigenvalue weighted by Crippen LogP contribution is 2.41. The summed E-state index contributed by atoms with van der Waals surface area (Å²) in [5.41, 5.74) is 6.39. The maximum Gasteiger partial charge on any atom is 0.276 e. The van der Waals surface area contributed by atoms with Crippen molar-refractivity contribution >= 4 is 76.5 Å². The Morgan fingerprint density at radius 1 is 1.33 bits per heavy atom. The third-order valence-electron chi connectivity index (χ3n) is 5.91. The summed E-state index contributed by atoms with van der Waals surface area (Å²) in [6.45, 7) is 2.53. The predicted molar refractivity (Wildman–Crippen MR) is 139 cm³/mol. The molecule has 4 rings (SSSR count). The monoisotopic (exact) mass is 588 g/mol. The topological polar surface area (TPSA) is 213 Å². The van der Waals surface area contributed by atoms with Gasteiger partial charge in [-0.25, -0.2) is 4.98 Å². The second-order valence-electron chi connectivity index (χ2n) is 8.23. The van der Waals surface area contributed by atoms with Gasteiger partial charge in [-0.15, -0.1) is 47.9 Å². The number of carbonyl (C=O) groups is 3. The highest BCUT2D eigenvalue weighted by atomic mass is 35.5. The molecule has 7 N–H and O–H groups in total. The highest BCUT2D eigenvalue weighted by Gasteiger charge is 2.53. The molecule has 0 aromatic carbocycles. The van der Waals surface area contributed by atoms with Gasteiger partial charge in [-0.3, -0.25) is 14.5 Å². The van der Waals surface area contributed by atoms with E-state index in [9.17, 15) is 19.5 Å². The fourth-order valence-corrected chi connectivity index (χ4v) is 6.30. The number of quaternary nitrogens is 1. The molecule has 0 bridgehead atoms. The number of thiazole rings is 1. The summed E-state index contributed by atoms with van der Waals surface area (Å²) >= 11 is 2.57. The lowest BCUT2D eigenvalue weighted by Crippen LogP contribution is -2.71. The van der Waals surface area contributed by atoms with E-state index in [2.05, 4.69) is 22.5 Å². The Hall–Kier alpha value is -2.14. The van der Waals surface area contributed by atoms with E-state index < -0.39 is 29.2 Å².